The Morgan fingerprint density at radius 1 is 1.25 bits per heavy atom. The van der Waals surface area contributed by atoms with Gasteiger partial charge in [0.1, 0.15) is 5.69 Å². The number of likely N-dealkylation sites (N-methyl/N-ethyl adjacent to an activating group) is 1. The molecule has 0 aliphatic rings. The Balaban J connectivity index is 2.32. The normalized spacial score (nSPS) is 14.5. The van der Waals surface area contributed by atoms with Crippen LogP contribution in [-0.2, 0) is 0 Å². The summed E-state index contributed by atoms with van der Waals surface area (Å²) in [7, 11) is 1.94. The van der Waals surface area contributed by atoms with Gasteiger partial charge < -0.3 is 9.84 Å². The van der Waals surface area contributed by atoms with Gasteiger partial charge in [-0.3, -0.25) is 4.98 Å². The number of hydrogen-bond donors (Lipinski definition) is 1. The van der Waals surface area contributed by atoms with E-state index in [2.05, 4.69) is 41.2 Å². The highest BCUT2D eigenvalue weighted by Crippen LogP contribution is 2.28. The van der Waals surface area contributed by atoms with E-state index >= 15 is 0 Å². The average Bonchev–Trinajstić information content (AvgIpc) is 2.87. The lowest BCUT2D eigenvalue weighted by atomic mass is 9.89. The number of nitrogens with zero attached hydrogens (tertiary/aromatic N) is 3. The van der Waals surface area contributed by atoms with Gasteiger partial charge in [0.05, 0.1) is 5.92 Å². The van der Waals surface area contributed by atoms with Gasteiger partial charge in [-0.25, -0.2) is 0 Å². The number of pyridine rings is 1. The third-order valence-electron chi connectivity index (χ3n) is 3.58. The largest absolute Gasteiger partial charge is 0.339 e. The van der Waals surface area contributed by atoms with Gasteiger partial charge in [-0.2, -0.15) is 4.98 Å². The quantitative estimate of drug-likeness (QED) is 0.908. The Bertz CT molecular complexity index is 565. The minimum Gasteiger partial charge on any atom is -0.339 e. The van der Waals surface area contributed by atoms with E-state index in [-0.39, 0.29) is 12.0 Å². The lowest BCUT2D eigenvalue weighted by Gasteiger charge is -2.23. The summed E-state index contributed by atoms with van der Waals surface area (Å²) in [6, 6.07) is 4.18. The molecule has 108 valence electrons. The summed E-state index contributed by atoms with van der Waals surface area (Å²) in [6.07, 6.45) is 1.76. The summed E-state index contributed by atoms with van der Waals surface area (Å²) in [5.74, 6) is 1.82. The molecule has 2 aromatic rings. The molecule has 0 aliphatic carbocycles. The van der Waals surface area contributed by atoms with Crippen LogP contribution < -0.4 is 5.32 Å². The van der Waals surface area contributed by atoms with Gasteiger partial charge in [0.2, 0.25) is 11.7 Å². The van der Waals surface area contributed by atoms with Crippen molar-refractivity contribution in [2.75, 3.05) is 7.05 Å². The monoisotopic (exact) mass is 274 g/mol. The fourth-order valence-corrected chi connectivity index (χ4v) is 2.39. The minimum absolute atomic E-state index is 0.186. The maximum absolute atomic E-state index is 5.46. The first kappa shape index (κ1) is 14.7. The molecule has 2 heterocycles. The Morgan fingerprint density at radius 3 is 2.60 bits per heavy atom. The number of nitrogens with one attached hydrogen (secondary N) is 1. The van der Waals surface area contributed by atoms with E-state index in [9.17, 15) is 0 Å². The van der Waals surface area contributed by atoms with Gasteiger partial charge >= 0.3 is 0 Å². The first-order chi connectivity index (χ1) is 9.52. The molecule has 0 spiro atoms. The van der Waals surface area contributed by atoms with E-state index in [4.69, 9.17) is 4.52 Å². The van der Waals surface area contributed by atoms with E-state index in [0.717, 1.165) is 11.3 Å². The maximum Gasteiger partial charge on any atom is 0.231 e. The highest BCUT2D eigenvalue weighted by Gasteiger charge is 2.27. The highest BCUT2D eigenvalue weighted by molar-refractivity contribution is 5.49. The lowest BCUT2D eigenvalue weighted by Crippen LogP contribution is -2.32. The SMILES string of the molecule is CNC(C)C(c1nc(-c2cc(C)ccn2)no1)C(C)C. The second-order valence-corrected chi connectivity index (χ2v) is 5.52. The Kier molecular flexibility index (Phi) is 4.49. The van der Waals surface area contributed by atoms with Crippen molar-refractivity contribution in [3.8, 4) is 11.5 Å². The zero-order valence-corrected chi connectivity index (χ0v) is 12.7. The zero-order valence-electron chi connectivity index (χ0n) is 12.7. The molecule has 2 aromatic heterocycles. The number of aromatic nitrogens is 3. The Morgan fingerprint density at radius 2 is 2.00 bits per heavy atom. The van der Waals surface area contributed by atoms with Crippen LogP contribution in [-0.4, -0.2) is 28.2 Å². The summed E-state index contributed by atoms with van der Waals surface area (Å²) < 4.78 is 5.46. The van der Waals surface area contributed by atoms with Gasteiger partial charge in [0.25, 0.3) is 0 Å². The molecule has 0 aromatic carbocycles. The molecule has 0 radical (unpaired) electrons. The summed E-state index contributed by atoms with van der Waals surface area (Å²) in [5.41, 5.74) is 1.88. The van der Waals surface area contributed by atoms with Crippen LogP contribution in [0.5, 0.6) is 0 Å². The van der Waals surface area contributed by atoms with E-state index in [1.54, 1.807) is 6.20 Å². The van der Waals surface area contributed by atoms with Crippen molar-refractivity contribution in [2.45, 2.75) is 39.7 Å². The molecule has 0 fully saturated rings. The van der Waals surface area contributed by atoms with Crippen LogP contribution in [0, 0.1) is 12.8 Å². The first-order valence-corrected chi connectivity index (χ1v) is 6.96. The topological polar surface area (TPSA) is 63.8 Å². The molecule has 0 bridgehead atoms. The van der Waals surface area contributed by atoms with Crippen LogP contribution in [0.25, 0.3) is 11.5 Å². The van der Waals surface area contributed by atoms with E-state index in [1.807, 2.05) is 26.1 Å². The van der Waals surface area contributed by atoms with E-state index < -0.39 is 0 Å². The number of hydrogen-bond acceptors (Lipinski definition) is 5. The molecule has 1 N–H and O–H groups in total. The summed E-state index contributed by atoms with van der Waals surface area (Å²) in [4.78, 5) is 8.82. The molecule has 2 rings (SSSR count). The molecular weight excluding hydrogens is 252 g/mol. The van der Waals surface area contributed by atoms with Gasteiger partial charge in [-0.05, 0) is 44.5 Å². The lowest BCUT2D eigenvalue weighted by molar-refractivity contribution is 0.286. The predicted molar refractivity (Wildman–Crippen MR) is 78.4 cm³/mol. The molecule has 0 amide bonds. The zero-order chi connectivity index (χ0) is 14.7. The number of aryl methyl sites for hydroxylation is 1. The smallest absolute Gasteiger partial charge is 0.231 e. The molecule has 0 saturated carbocycles. The van der Waals surface area contributed by atoms with Crippen molar-refractivity contribution in [3.05, 3.63) is 29.8 Å². The standard InChI is InChI=1S/C15H22N4O/c1-9(2)13(11(4)16-5)15-18-14(19-20-15)12-8-10(3)6-7-17-12/h6-9,11,13,16H,1-5H3. The van der Waals surface area contributed by atoms with Crippen molar-refractivity contribution < 1.29 is 4.52 Å². The average molecular weight is 274 g/mol. The van der Waals surface area contributed by atoms with Crippen molar-refractivity contribution in [3.63, 3.8) is 0 Å². The molecule has 0 aliphatic heterocycles. The molecule has 20 heavy (non-hydrogen) atoms. The van der Waals surface area contributed by atoms with Gasteiger partial charge in [-0.15, -0.1) is 0 Å². The predicted octanol–water partition coefficient (Wildman–Crippen LogP) is 2.79. The van der Waals surface area contributed by atoms with Crippen molar-refractivity contribution in [1.29, 1.82) is 0 Å². The van der Waals surface area contributed by atoms with Crippen molar-refractivity contribution >= 4 is 0 Å². The van der Waals surface area contributed by atoms with Gasteiger partial charge in [0.15, 0.2) is 0 Å². The summed E-state index contributed by atoms with van der Waals surface area (Å²) in [6.45, 7) is 8.46. The van der Waals surface area contributed by atoms with Gasteiger partial charge in [0, 0.05) is 12.2 Å². The van der Waals surface area contributed by atoms with Crippen molar-refractivity contribution in [1.82, 2.24) is 20.4 Å². The molecule has 5 nitrogen and oxygen atoms in total. The first-order valence-electron chi connectivity index (χ1n) is 6.96. The summed E-state index contributed by atoms with van der Waals surface area (Å²) in [5, 5.41) is 7.33. The van der Waals surface area contributed by atoms with Crippen LogP contribution in [0.1, 0.15) is 38.1 Å². The third kappa shape index (κ3) is 3.04. The van der Waals surface area contributed by atoms with Gasteiger partial charge in [-0.1, -0.05) is 19.0 Å². The van der Waals surface area contributed by atoms with Crippen LogP contribution >= 0.6 is 0 Å². The maximum atomic E-state index is 5.46. The Labute approximate surface area is 119 Å². The molecule has 2 atom stereocenters. The third-order valence-corrected chi connectivity index (χ3v) is 3.58. The molecule has 2 unspecified atom stereocenters. The van der Waals surface area contributed by atoms with Crippen LogP contribution in [0.15, 0.2) is 22.9 Å². The Hall–Kier alpha value is -1.75. The second kappa shape index (κ2) is 6.13. The van der Waals surface area contributed by atoms with E-state index in [0.29, 0.717) is 17.6 Å². The van der Waals surface area contributed by atoms with E-state index in [1.165, 1.54) is 0 Å². The number of rotatable bonds is 5. The highest BCUT2D eigenvalue weighted by atomic mass is 16.5. The molecular formula is C15H22N4O. The summed E-state index contributed by atoms with van der Waals surface area (Å²) >= 11 is 0. The molecule has 0 saturated heterocycles. The van der Waals surface area contributed by atoms with Crippen LogP contribution in [0.2, 0.25) is 0 Å². The fraction of sp³-hybridized carbons (Fsp3) is 0.533. The second-order valence-electron chi connectivity index (χ2n) is 5.52. The minimum atomic E-state index is 0.186. The molecule has 5 heteroatoms. The fourth-order valence-electron chi connectivity index (χ4n) is 2.39. The van der Waals surface area contributed by atoms with Crippen LogP contribution in [0.4, 0.5) is 0 Å². The van der Waals surface area contributed by atoms with Crippen LogP contribution in [0.3, 0.4) is 0 Å². The van der Waals surface area contributed by atoms with Crippen molar-refractivity contribution in [2.24, 2.45) is 5.92 Å².